The van der Waals surface area contributed by atoms with Crippen molar-refractivity contribution in [3.05, 3.63) is 12.2 Å². The molecule has 1 saturated heterocycles. The van der Waals surface area contributed by atoms with Gasteiger partial charge in [-0.2, -0.15) is 0 Å². The summed E-state index contributed by atoms with van der Waals surface area (Å²) >= 11 is 0. The zero-order valence-electron chi connectivity index (χ0n) is 8.25. The van der Waals surface area contributed by atoms with Gasteiger partial charge in [0.2, 0.25) is 5.91 Å². The molecular weight excluding hydrogens is 164 g/mol. The van der Waals surface area contributed by atoms with Crippen molar-refractivity contribution in [1.82, 2.24) is 10.2 Å². The lowest BCUT2D eigenvalue weighted by molar-refractivity contribution is -0.116. The van der Waals surface area contributed by atoms with Crippen LogP contribution in [0.5, 0.6) is 0 Å². The molecule has 0 aromatic rings. The molecule has 1 rings (SSSR count). The second kappa shape index (κ2) is 5.75. The van der Waals surface area contributed by atoms with E-state index < -0.39 is 0 Å². The van der Waals surface area contributed by atoms with Gasteiger partial charge in [-0.3, -0.25) is 9.69 Å². The lowest BCUT2D eigenvalue weighted by Crippen LogP contribution is -2.29. The van der Waals surface area contributed by atoms with Gasteiger partial charge < -0.3 is 5.32 Å². The standard InChI is InChI=1S/C10H18N2O/c1-11-10(13)6-5-9-12-7-3-2-4-8-12/h5-6H,2-4,7-9H2,1H3,(H,11,13)/b6-5+. The average Bonchev–Trinajstić information content (AvgIpc) is 2.19. The normalized spacial score (nSPS) is 19.2. The van der Waals surface area contributed by atoms with Crippen molar-refractivity contribution in [1.29, 1.82) is 0 Å². The van der Waals surface area contributed by atoms with Crippen LogP contribution in [0.2, 0.25) is 0 Å². The van der Waals surface area contributed by atoms with Crippen molar-refractivity contribution in [2.75, 3.05) is 26.7 Å². The molecule has 0 aromatic carbocycles. The zero-order chi connectivity index (χ0) is 9.52. The molecule has 74 valence electrons. The highest BCUT2D eigenvalue weighted by Crippen LogP contribution is 2.07. The van der Waals surface area contributed by atoms with E-state index in [0.29, 0.717) is 0 Å². The predicted molar refractivity (Wildman–Crippen MR) is 53.5 cm³/mol. The molecule has 1 aliphatic rings. The summed E-state index contributed by atoms with van der Waals surface area (Å²) in [6.07, 6.45) is 7.50. The lowest BCUT2D eigenvalue weighted by atomic mass is 10.1. The second-order valence-electron chi connectivity index (χ2n) is 3.38. The van der Waals surface area contributed by atoms with Gasteiger partial charge in [-0.1, -0.05) is 12.5 Å². The van der Waals surface area contributed by atoms with Crippen molar-refractivity contribution in [2.24, 2.45) is 0 Å². The van der Waals surface area contributed by atoms with E-state index in [4.69, 9.17) is 0 Å². The number of hydrogen-bond donors (Lipinski definition) is 1. The minimum absolute atomic E-state index is 0.0167. The molecule has 1 fully saturated rings. The maximum absolute atomic E-state index is 10.8. The quantitative estimate of drug-likeness (QED) is 0.654. The van der Waals surface area contributed by atoms with Crippen LogP contribution in [-0.4, -0.2) is 37.5 Å². The van der Waals surface area contributed by atoms with Crippen LogP contribution in [-0.2, 0) is 4.79 Å². The van der Waals surface area contributed by atoms with Gasteiger partial charge in [0.25, 0.3) is 0 Å². The van der Waals surface area contributed by atoms with Crippen molar-refractivity contribution in [3.63, 3.8) is 0 Å². The Morgan fingerprint density at radius 3 is 2.69 bits per heavy atom. The molecule has 0 saturated carbocycles. The van der Waals surface area contributed by atoms with Crippen molar-refractivity contribution in [3.8, 4) is 0 Å². The van der Waals surface area contributed by atoms with Crippen LogP contribution in [0.3, 0.4) is 0 Å². The third-order valence-electron chi connectivity index (χ3n) is 2.33. The topological polar surface area (TPSA) is 32.3 Å². The van der Waals surface area contributed by atoms with E-state index in [9.17, 15) is 4.79 Å². The van der Waals surface area contributed by atoms with Crippen molar-refractivity contribution < 1.29 is 4.79 Å². The maximum Gasteiger partial charge on any atom is 0.243 e. The number of carbonyl (C=O) groups is 1. The van der Waals surface area contributed by atoms with E-state index in [1.807, 2.05) is 6.08 Å². The Balaban J connectivity index is 2.16. The Bertz CT molecular complexity index is 183. The molecule has 0 atom stereocenters. The molecule has 1 N–H and O–H groups in total. The molecule has 0 aliphatic carbocycles. The highest BCUT2D eigenvalue weighted by Gasteiger charge is 2.07. The Hall–Kier alpha value is -0.830. The molecule has 1 amide bonds. The van der Waals surface area contributed by atoms with E-state index in [2.05, 4.69) is 10.2 Å². The Labute approximate surface area is 79.8 Å². The molecule has 0 spiro atoms. The van der Waals surface area contributed by atoms with Gasteiger partial charge in [-0.25, -0.2) is 0 Å². The molecule has 0 aromatic heterocycles. The van der Waals surface area contributed by atoms with E-state index >= 15 is 0 Å². The van der Waals surface area contributed by atoms with E-state index in [1.54, 1.807) is 13.1 Å². The number of rotatable bonds is 3. The number of nitrogens with one attached hydrogen (secondary N) is 1. The van der Waals surface area contributed by atoms with Gasteiger partial charge in [0.1, 0.15) is 0 Å². The van der Waals surface area contributed by atoms with Crippen LogP contribution in [0.15, 0.2) is 12.2 Å². The summed E-state index contributed by atoms with van der Waals surface area (Å²) in [5, 5.41) is 2.56. The van der Waals surface area contributed by atoms with Gasteiger partial charge >= 0.3 is 0 Å². The van der Waals surface area contributed by atoms with Gasteiger partial charge in [-0.05, 0) is 25.9 Å². The molecule has 1 heterocycles. The van der Waals surface area contributed by atoms with Gasteiger partial charge in [-0.15, -0.1) is 0 Å². The van der Waals surface area contributed by atoms with E-state index in [0.717, 1.165) is 6.54 Å². The molecule has 0 unspecified atom stereocenters. The largest absolute Gasteiger partial charge is 0.356 e. The fraction of sp³-hybridized carbons (Fsp3) is 0.700. The van der Waals surface area contributed by atoms with Gasteiger partial charge in [0, 0.05) is 19.7 Å². The zero-order valence-corrected chi connectivity index (χ0v) is 8.25. The summed E-state index contributed by atoms with van der Waals surface area (Å²) in [7, 11) is 1.65. The highest BCUT2D eigenvalue weighted by molar-refractivity contribution is 5.87. The lowest BCUT2D eigenvalue weighted by Gasteiger charge is -2.24. The third kappa shape index (κ3) is 4.08. The number of piperidine rings is 1. The monoisotopic (exact) mass is 182 g/mol. The van der Waals surface area contributed by atoms with Crippen LogP contribution in [0, 0.1) is 0 Å². The summed E-state index contributed by atoms with van der Waals surface area (Å²) in [4.78, 5) is 13.2. The molecule has 3 nitrogen and oxygen atoms in total. The molecule has 1 aliphatic heterocycles. The first-order chi connectivity index (χ1) is 6.33. The van der Waals surface area contributed by atoms with Gasteiger partial charge in [0.05, 0.1) is 0 Å². The second-order valence-corrected chi connectivity index (χ2v) is 3.38. The number of likely N-dealkylation sites (tertiary alicyclic amines) is 1. The van der Waals surface area contributed by atoms with Crippen LogP contribution in [0.25, 0.3) is 0 Å². The summed E-state index contributed by atoms with van der Waals surface area (Å²) in [6, 6.07) is 0. The van der Waals surface area contributed by atoms with Crippen LogP contribution >= 0.6 is 0 Å². The maximum atomic E-state index is 10.8. The molecule has 0 radical (unpaired) electrons. The minimum atomic E-state index is -0.0167. The predicted octanol–water partition coefficient (Wildman–Crippen LogP) is 0.774. The molecule has 0 bridgehead atoms. The Kier molecular flexibility index (Phi) is 4.54. The summed E-state index contributed by atoms with van der Waals surface area (Å²) in [5.74, 6) is -0.0167. The minimum Gasteiger partial charge on any atom is -0.356 e. The SMILES string of the molecule is CNC(=O)/C=C/CN1CCCCC1. The molecule has 13 heavy (non-hydrogen) atoms. The van der Waals surface area contributed by atoms with Crippen LogP contribution in [0.1, 0.15) is 19.3 Å². The first-order valence-electron chi connectivity index (χ1n) is 4.93. The summed E-state index contributed by atoms with van der Waals surface area (Å²) in [6.45, 7) is 3.27. The van der Waals surface area contributed by atoms with E-state index in [1.165, 1.54) is 32.4 Å². The number of nitrogens with zero attached hydrogens (tertiary/aromatic N) is 1. The number of hydrogen-bond acceptors (Lipinski definition) is 2. The summed E-state index contributed by atoms with van der Waals surface area (Å²) in [5.41, 5.74) is 0. The van der Waals surface area contributed by atoms with Crippen molar-refractivity contribution in [2.45, 2.75) is 19.3 Å². The number of carbonyl (C=O) groups excluding carboxylic acids is 1. The first kappa shape index (κ1) is 10.3. The van der Waals surface area contributed by atoms with Crippen molar-refractivity contribution >= 4 is 5.91 Å². The van der Waals surface area contributed by atoms with Gasteiger partial charge in [0.15, 0.2) is 0 Å². The first-order valence-corrected chi connectivity index (χ1v) is 4.93. The van der Waals surface area contributed by atoms with Crippen LogP contribution < -0.4 is 5.32 Å². The molecule has 3 heteroatoms. The highest BCUT2D eigenvalue weighted by atomic mass is 16.1. The third-order valence-corrected chi connectivity index (χ3v) is 2.33. The van der Waals surface area contributed by atoms with Crippen LogP contribution in [0.4, 0.5) is 0 Å². The average molecular weight is 182 g/mol. The Morgan fingerprint density at radius 2 is 2.08 bits per heavy atom. The summed E-state index contributed by atoms with van der Waals surface area (Å²) < 4.78 is 0. The number of amides is 1. The fourth-order valence-corrected chi connectivity index (χ4v) is 1.53. The molecular formula is C10H18N2O. The smallest absolute Gasteiger partial charge is 0.243 e. The number of likely N-dealkylation sites (N-methyl/N-ethyl adjacent to an activating group) is 1. The Morgan fingerprint density at radius 1 is 1.38 bits per heavy atom. The van der Waals surface area contributed by atoms with E-state index in [-0.39, 0.29) is 5.91 Å². The fourth-order valence-electron chi connectivity index (χ4n) is 1.53.